The Labute approximate surface area is 144 Å². The summed E-state index contributed by atoms with van der Waals surface area (Å²) in [5.41, 5.74) is 0.0484. The summed E-state index contributed by atoms with van der Waals surface area (Å²) in [6.07, 6.45) is 1.86. The standard InChI is InChI=1S/C16H20ClN3O4/c1-16(2,3)15(22)23-7-11-10(21)6-12(24-11)20-5-4-9-13(17)18-8-19-14(9)20/h4-5,8,10-12,21H,6-7H2,1-3H3/t10-,11+,12+/m0/s1. The van der Waals surface area contributed by atoms with Crippen molar-refractivity contribution in [3.8, 4) is 0 Å². The van der Waals surface area contributed by atoms with Gasteiger partial charge < -0.3 is 19.1 Å². The molecule has 0 bridgehead atoms. The van der Waals surface area contributed by atoms with Gasteiger partial charge in [-0.15, -0.1) is 0 Å². The number of nitrogens with zero attached hydrogens (tertiary/aromatic N) is 3. The summed E-state index contributed by atoms with van der Waals surface area (Å²) >= 11 is 6.05. The average molecular weight is 354 g/mol. The summed E-state index contributed by atoms with van der Waals surface area (Å²) in [6, 6.07) is 1.81. The second-order valence-corrected chi connectivity index (χ2v) is 7.26. The van der Waals surface area contributed by atoms with Crippen LogP contribution in [-0.2, 0) is 14.3 Å². The van der Waals surface area contributed by atoms with Gasteiger partial charge >= 0.3 is 5.97 Å². The molecule has 1 N–H and O–H groups in total. The van der Waals surface area contributed by atoms with Gasteiger partial charge in [0, 0.05) is 12.6 Å². The minimum Gasteiger partial charge on any atom is -0.462 e. The van der Waals surface area contributed by atoms with Crippen molar-refractivity contribution in [1.82, 2.24) is 14.5 Å². The largest absolute Gasteiger partial charge is 0.462 e. The van der Waals surface area contributed by atoms with Crippen LogP contribution in [0.3, 0.4) is 0 Å². The number of carbonyl (C=O) groups is 1. The molecule has 1 aliphatic heterocycles. The lowest BCUT2D eigenvalue weighted by Crippen LogP contribution is -2.31. The third kappa shape index (κ3) is 3.24. The van der Waals surface area contributed by atoms with Gasteiger partial charge in [0.05, 0.1) is 16.9 Å². The molecule has 1 saturated heterocycles. The van der Waals surface area contributed by atoms with E-state index in [9.17, 15) is 9.90 Å². The fraction of sp³-hybridized carbons (Fsp3) is 0.562. The van der Waals surface area contributed by atoms with Crippen LogP contribution in [0, 0.1) is 5.41 Å². The number of rotatable bonds is 3. The Hall–Kier alpha value is -1.70. The van der Waals surface area contributed by atoms with E-state index in [4.69, 9.17) is 21.1 Å². The topological polar surface area (TPSA) is 86.5 Å². The van der Waals surface area contributed by atoms with Gasteiger partial charge in [0.1, 0.15) is 36.1 Å². The van der Waals surface area contributed by atoms with Gasteiger partial charge in [-0.05, 0) is 26.8 Å². The highest BCUT2D eigenvalue weighted by Crippen LogP contribution is 2.33. The van der Waals surface area contributed by atoms with Crippen molar-refractivity contribution in [2.75, 3.05) is 6.61 Å². The second kappa shape index (κ2) is 6.31. The van der Waals surface area contributed by atoms with Crippen LogP contribution in [-0.4, -0.2) is 44.4 Å². The zero-order valence-electron chi connectivity index (χ0n) is 13.8. The maximum Gasteiger partial charge on any atom is 0.311 e. The fourth-order valence-corrected chi connectivity index (χ4v) is 2.77. The number of aliphatic hydroxyl groups excluding tert-OH is 1. The smallest absolute Gasteiger partial charge is 0.311 e. The first kappa shape index (κ1) is 17.1. The minimum absolute atomic E-state index is 0.0166. The molecule has 0 radical (unpaired) electrons. The maximum atomic E-state index is 11.9. The van der Waals surface area contributed by atoms with Gasteiger partial charge in [0.2, 0.25) is 0 Å². The molecule has 0 aromatic carbocycles. The van der Waals surface area contributed by atoms with Crippen molar-refractivity contribution >= 4 is 28.6 Å². The summed E-state index contributed by atoms with van der Waals surface area (Å²) in [7, 11) is 0. The molecule has 24 heavy (non-hydrogen) atoms. The molecular formula is C16H20ClN3O4. The van der Waals surface area contributed by atoms with Crippen LogP contribution in [0.4, 0.5) is 0 Å². The third-order valence-corrected chi connectivity index (χ3v) is 4.27. The number of esters is 1. The van der Waals surface area contributed by atoms with Gasteiger partial charge in [-0.1, -0.05) is 11.6 Å². The molecule has 0 aliphatic carbocycles. The number of aliphatic hydroxyl groups is 1. The highest BCUT2D eigenvalue weighted by molar-refractivity contribution is 6.33. The highest BCUT2D eigenvalue weighted by atomic mass is 35.5. The van der Waals surface area contributed by atoms with E-state index in [0.717, 1.165) is 5.39 Å². The zero-order chi connectivity index (χ0) is 17.5. The van der Waals surface area contributed by atoms with Crippen molar-refractivity contribution in [1.29, 1.82) is 0 Å². The molecule has 0 amide bonds. The first-order valence-corrected chi connectivity index (χ1v) is 8.13. The second-order valence-electron chi connectivity index (χ2n) is 6.91. The number of hydrogen-bond donors (Lipinski definition) is 1. The van der Waals surface area contributed by atoms with Gasteiger partial charge in [-0.25, -0.2) is 9.97 Å². The van der Waals surface area contributed by atoms with Crippen LogP contribution in [0.5, 0.6) is 0 Å². The summed E-state index contributed by atoms with van der Waals surface area (Å²) < 4.78 is 12.9. The Bertz CT molecular complexity index is 755. The third-order valence-electron chi connectivity index (χ3n) is 3.97. The van der Waals surface area contributed by atoms with E-state index in [1.165, 1.54) is 6.33 Å². The SMILES string of the molecule is CC(C)(C)C(=O)OC[C@H]1O[C@@H](n2ccc3c(Cl)ncnc32)C[C@@H]1O. The Balaban J connectivity index is 1.71. The molecule has 3 heterocycles. The molecule has 2 aromatic rings. The number of aromatic nitrogens is 3. The molecule has 7 nitrogen and oxygen atoms in total. The number of hydrogen-bond acceptors (Lipinski definition) is 6. The van der Waals surface area contributed by atoms with Gasteiger partial charge in [-0.3, -0.25) is 4.79 Å². The van der Waals surface area contributed by atoms with E-state index in [-0.39, 0.29) is 12.6 Å². The van der Waals surface area contributed by atoms with E-state index < -0.39 is 23.9 Å². The summed E-state index contributed by atoms with van der Waals surface area (Å²) in [5, 5.41) is 11.3. The molecule has 2 aromatic heterocycles. The van der Waals surface area contributed by atoms with Crippen molar-refractivity contribution in [3.63, 3.8) is 0 Å². The summed E-state index contributed by atoms with van der Waals surface area (Å²) in [5.74, 6) is -0.326. The number of ether oxygens (including phenoxy) is 2. The number of carbonyl (C=O) groups excluding carboxylic acids is 1. The van der Waals surface area contributed by atoms with Crippen LogP contribution in [0.25, 0.3) is 11.0 Å². The Morgan fingerprint density at radius 1 is 1.50 bits per heavy atom. The van der Waals surface area contributed by atoms with E-state index >= 15 is 0 Å². The van der Waals surface area contributed by atoms with Crippen LogP contribution in [0.1, 0.15) is 33.4 Å². The van der Waals surface area contributed by atoms with Crippen molar-refractivity contribution in [2.24, 2.45) is 5.41 Å². The average Bonchev–Trinajstić information content (AvgIpc) is 3.08. The van der Waals surface area contributed by atoms with Crippen molar-refractivity contribution in [2.45, 2.75) is 45.6 Å². The normalized spacial score (nSPS) is 24.5. The molecule has 0 unspecified atom stereocenters. The highest BCUT2D eigenvalue weighted by Gasteiger charge is 2.37. The van der Waals surface area contributed by atoms with Gasteiger partial charge in [0.15, 0.2) is 0 Å². The zero-order valence-corrected chi connectivity index (χ0v) is 14.5. The number of fused-ring (bicyclic) bond motifs is 1. The molecule has 1 aliphatic rings. The predicted molar refractivity (Wildman–Crippen MR) is 87.5 cm³/mol. The predicted octanol–water partition coefficient (Wildman–Crippen LogP) is 2.32. The van der Waals surface area contributed by atoms with E-state index in [1.54, 1.807) is 37.6 Å². The first-order valence-electron chi connectivity index (χ1n) is 7.75. The fourth-order valence-electron chi connectivity index (χ4n) is 2.58. The summed E-state index contributed by atoms with van der Waals surface area (Å²) in [4.78, 5) is 20.0. The molecule has 3 rings (SSSR count). The molecule has 1 fully saturated rings. The molecule has 8 heteroatoms. The van der Waals surface area contributed by atoms with E-state index in [0.29, 0.717) is 17.2 Å². The van der Waals surface area contributed by atoms with E-state index in [2.05, 4.69) is 9.97 Å². The Kier molecular flexibility index (Phi) is 4.50. The van der Waals surface area contributed by atoms with Gasteiger partial charge in [-0.2, -0.15) is 0 Å². The number of halogens is 1. The van der Waals surface area contributed by atoms with Crippen LogP contribution in [0.15, 0.2) is 18.6 Å². The quantitative estimate of drug-likeness (QED) is 0.673. The lowest BCUT2D eigenvalue weighted by molar-refractivity contribution is -0.159. The summed E-state index contributed by atoms with van der Waals surface area (Å²) in [6.45, 7) is 5.35. The lowest BCUT2D eigenvalue weighted by Gasteiger charge is -2.20. The lowest BCUT2D eigenvalue weighted by atomic mass is 9.97. The van der Waals surface area contributed by atoms with Gasteiger partial charge in [0.25, 0.3) is 0 Å². The first-order chi connectivity index (χ1) is 11.3. The maximum absolute atomic E-state index is 11.9. The van der Waals surface area contributed by atoms with Crippen molar-refractivity contribution in [3.05, 3.63) is 23.7 Å². The van der Waals surface area contributed by atoms with Crippen LogP contribution < -0.4 is 0 Å². The molecular weight excluding hydrogens is 334 g/mol. The van der Waals surface area contributed by atoms with E-state index in [1.807, 2.05) is 0 Å². The van der Waals surface area contributed by atoms with Crippen LogP contribution in [0.2, 0.25) is 5.15 Å². The molecule has 0 saturated carbocycles. The molecule has 130 valence electrons. The minimum atomic E-state index is -0.725. The molecule has 3 atom stereocenters. The Morgan fingerprint density at radius 3 is 2.96 bits per heavy atom. The molecule has 0 spiro atoms. The Morgan fingerprint density at radius 2 is 2.25 bits per heavy atom. The monoisotopic (exact) mass is 353 g/mol. The van der Waals surface area contributed by atoms with Crippen LogP contribution >= 0.6 is 11.6 Å². The van der Waals surface area contributed by atoms with Crippen molar-refractivity contribution < 1.29 is 19.4 Å².